The van der Waals surface area contributed by atoms with Crippen LogP contribution in [-0.2, 0) is 0 Å². The number of anilines is 3. The van der Waals surface area contributed by atoms with Crippen LogP contribution in [0.15, 0.2) is 54.9 Å². The number of nitrogens with zero attached hydrogens (tertiary/aromatic N) is 1. The molecular formula is C21H20ClN3O3. The monoisotopic (exact) mass is 397 g/mol. The number of amides is 1. The Labute approximate surface area is 168 Å². The number of methoxy groups -OCH3 is 2. The molecular weight excluding hydrogens is 378 g/mol. The SMILES string of the molecule is COc1ccc(OC)c(NC(=O)c2cncc(Nc3cc(Cl)ccc3C)c2)c1. The average molecular weight is 398 g/mol. The summed E-state index contributed by atoms with van der Waals surface area (Å²) in [6, 6.07) is 12.5. The summed E-state index contributed by atoms with van der Waals surface area (Å²) < 4.78 is 10.5. The number of aryl methyl sites for hydroxylation is 1. The largest absolute Gasteiger partial charge is 0.497 e. The molecule has 0 saturated carbocycles. The fourth-order valence-electron chi connectivity index (χ4n) is 2.62. The molecule has 3 rings (SSSR count). The summed E-state index contributed by atoms with van der Waals surface area (Å²) in [6.07, 6.45) is 3.14. The number of benzene rings is 2. The van der Waals surface area contributed by atoms with Gasteiger partial charge in [0.25, 0.3) is 5.91 Å². The smallest absolute Gasteiger partial charge is 0.257 e. The van der Waals surface area contributed by atoms with Crippen LogP contribution in [0.3, 0.4) is 0 Å². The molecule has 28 heavy (non-hydrogen) atoms. The van der Waals surface area contributed by atoms with Gasteiger partial charge in [-0.25, -0.2) is 0 Å². The molecule has 2 aromatic carbocycles. The van der Waals surface area contributed by atoms with Crippen LogP contribution in [0.25, 0.3) is 0 Å². The number of halogens is 1. The molecule has 0 saturated heterocycles. The van der Waals surface area contributed by atoms with Crippen molar-refractivity contribution >= 4 is 34.6 Å². The van der Waals surface area contributed by atoms with Crippen LogP contribution in [0.4, 0.5) is 17.1 Å². The Hall–Kier alpha value is -3.25. The molecule has 0 bridgehead atoms. The quantitative estimate of drug-likeness (QED) is 0.608. The van der Waals surface area contributed by atoms with Gasteiger partial charge in [-0.15, -0.1) is 0 Å². The summed E-state index contributed by atoms with van der Waals surface area (Å²) in [5.74, 6) is 0.831. The fraction of sp³-hybridized carbons (Fsp3) is 0.143. The molecule has 7 heteroatoms. The van der Waals surface area contributed by atoms with Crippen LogP contribution in [0, 0.1) is 6.92 Å². The second-order valence-electron chi connectivity index (χ2n) is 6.07. The molecule has 0 radical (unpaired) electrons. The van der Waals surface area contributed by atoms with E-state index in [2.05, 4.69) is 15.6 Å². The Morgan fingerprint density at radius 1 is 1.00 bits per heavy atom. The second-order valence-corrected chi connectivity index (χ2v) is 6.50. The van der Waals surface area contributed by atoms with E-state index in [0.29, 0.717) is 33.5 Å². The lowest BCUT2D eigenvalue weighted by molar-refractivity contribution is 0.102. The minimum atomic E-state index is -0.314. The van der Waals surface area contributed by atoms with Crippen molar-refractivity contribution < 1.29 is 14.3 Å². The lowest BCUT2D eigenvalue weighted by Crippen LogP contribution is -2.13. The molecule has 0 aliphatic rings. The predicted molar refractivity (Wildman–Crippen MR) is 111 cm³/mol. The van der Waals surface area contributed by atoms with Crippen LogP contribution in [0.2, 0.25) is 5.02 Å². The van der Waals surface area contributed by atoms with Crippen molar-refractivity contribution in [1.82, 2.24) is 4.98 Å². The van der Waals surface area contributed by atoms with Gasteiger partial charge in [-0.05, 0) is 42.8 Å². The highest BCUT2D eigenvalue weighted by molar-refractivity contribution is 6.30. The highest BCUT2D eigenvalue weighted by Crippen LogP contribution is 2.29. The van der Waals surface area contributed by atoms with E-state index in [1.165, 1.54) is 13.3 Å². The molecule has 0 spiro atoms. The maximum absolute atomic E-state index is 12.7. The third-order valence-electron chi connectivity index (χ3n) is 4.13. The molecule has 0 fully saturated rings. The summed E-state index contributed by atoms with van der Waals surface area (Å²) in [4.78, 5) is 16.9. The van der Waals surface area contributed by atoms with Crippen molar-refractivity contribution in [2.75, 3.05) is 24.9 Å². The Morgan fingerprint density at radius 2 is 1.82 bits per heavy atom. The van der Waals surface area contributed by atoms with E-state index < -0.39 is 0 Å². The zero-order valence-corrected chi connectivity index (χ0v) is 16.5. The lowest BCUT2D eigenvalue weighted by Gasteiger charge is -2.13. The average Bonchev–Trinajstić information content (AvgIpc) is 2.71. The Morgan fingerprint density at radius 3 is 2.57 bits per heavy atom. The minimum Gasteiger partial charge on any atom is -0.497 e. The van der Waals surface area contributed by atoms with Gasteiger partial charge in [0.05, 0.1) is 37.4 Å². The number of aromatic nitrogens is 1. The molecule has 2 N–H and O–H groups in total. The van der Waals surface area contributed by atoms with E-state index in [1.54, 1.807) is 37.6 Å². The Kier molecular flexibility index (Phi) is 6.01. The standard InChI is InChI=1S/C21H20ClN3O3/c1-13-4-5-15(22)9-18(13)24-16-8-14(11-23-12-16)21(26)25-19-10-17(27-2)6-7-20(19)28-3/h4-12,24H,1-3H3,(H,25,26). The van der Waals surface area contributed by atoms with Crippen molar-refractivity contribution in [2.24, 2.45) is 0 Å². The third kappa shape index (κ3) is 4.53. The number of carbonyl (C=O) groups excluding carboxylic acids is 1. The normalized spacial score (nSPS) is 10.3. The summed E-state index contributed by atoms with van der Waals surface area (Å²) in [5.41, 5.74) is 3.46. The second kappa shape index (κ2) is 8.63. The van der Waals surface area contributed by atoms with Crippen LogP contribution in [0.5, 0.6) is 11.5 Å². The lowest BCUT2D eigenvalue weighted by atomic mass is 10.2. The minimum absolute atomic E-state index is 0.314. The zero-order valence-electron chi connectivity index (χ0n) is 15.7. The highest BCUT2D eigenvalue weighted by atomic mass is 35.5. The van der Waals surface area contributed by atoms with Gasteiger partial charge >= 0.3 is 0 Å². The van der Waals surface area contributed by atoms with Crippen LogP contribution in [-0.4, -0.2) is 25.1 Å². The van der Waals surface area contributed by atoms with E-state index in [4.69, 9.17) is 21.1 Å². The summed E-state index contributed by atoms with van der Waals surface area (Å²) in [7, 11) is 3.10. The van der Waals surface area contributed by atoms with Crippen LogP contribution < -0.4 is 20.1 Å². The molecule has 0 unspecified atom stereocenters. The van der Waals surface area contributed by atoms with Gasteiger partial charge in [0.15, 0.2) is 0 Å². The Bertz CT molecular complexity index is 1010. The van der Waals surface area contributed by atoms with E-state index in [9.17, 15) is 4.79 Å². The molecule has 0 aliphatic heterocycles. The van der Waals surface area contributed by atoms with E-state index in [1.807, 2.05) is 25.1 Å². The number of hydrogen-bond donors (Lipinski definition) is 2. The maximum Gasteiger partial charge on any atom is 0.257 e. The molecule has 6 nitrogen and oxygen atoms in total. The van der Waals surface area contributed by atoms with Gasteiger partial charge < -0.3 is 20.1 Å². The maximum atomic E-state index is 12.7. The van der Waals surface area contributed by atoms with Gasteiger partial charge in [0, 0.05) is 23.0 Å². The number of carbonyl (C=O) groups is 1. The number of pyridine rings is 1. The first-order valence-electron chi connectivity index (χ1n) is 8.52. The summed E-state index contributed by atoms with van der Waals surface area (Å²) >= 11 is 6.07. The topological polar surface area (TPSA) is 72.5 Å². The molecule has 0 aliphatic carbocycles. The first kappa shape index (κ1) is 19.5. The number of hydrogen-bond acceptors (Lipinski definition) is 5. The first-order valence-corrected chi connectivity index (χ1v) is 8.89. The van der Waals surface area contributed by atoms with E-state index in [-0.39, 0.29) is 5.91 Å². The number of nitrogens with one attached hydrogen (secondary N) is 2. The van der Waals surface area contributed by atoms with Crippen molar-refractivity contribution in [2.45, 2.75) is 6.92 Å². The van der Waals surface area contributed by atoms with Gasteiger partial charge in [-0.2, -0.15) is 0 Å². The molecule has 1 amide bonds. The summed E-state index contributed by atoms with van der Waals surface area (Å²) in [5, 5.41) is 6.70. The van der Waals surface area contributed by atoms with Gasteiger partial charge in [-0.3, -0.25) is 9.78 Å². The van der Waals surface area contributed by atoms with Crippen LogP contribution in [0.1, 0.15) is 15.9 Å². The third-order valence-corrected chi connectivity index (χ3v) is 4.37. The number of ether oxygens (including phenoxy) is 2. The van der Waals surface area contributed by atoms with Crippen molar-refractivity contribution in [3.8, 4) is 11.5 Å². The molecule has 3 aromatic rings. The summed E-state index contributed by atoms with van der Waals surface area (Å²) in [6.45, 7) is 1.97. The van der Waals surface area contributed by atoms with Crippen molar-refractivity contribution in [3.63, 3.8) is 0 Å². The van der Waals surface area contributed by atoms with E-state index in [0.717, 1.165) is 11.3 Å². The molecule has 0 atom stereocenters. The van der Waals surface area contributed by atoms with Gasteiger partial charge in [-0.1, -0.05) is 17.7 Å². The van der Waals surface area contributed by atoms with Crippen molar-refractivity contribution in [3.05, 3.63) is 71.0 Å². The zero-order chi connectivity index (χ0) is 20.1. The highest BCUT2D eigenvalue weighted by Gasteiger charge is 2.12. The fourth-order valence-corrected chi connectivity index (χ4v) is 2.80. The van der Waals surface area contributed by atoms with Gasteiger partial charge in [0.2, 0.25) is 0 Å². The van der Waals surface area contributed by atoms with E-state index >= 15 is 0 Å². The predicted octanol–water partition coefficient (Wildman–Crippen LogP) is 5.06. The first-order chi connectivity index (χ1) is 13.5. The Balaban J connectivity index is 1.82. The molecule has 1 aromatic heterocycles. The van der Waals surface area contributed by atoms with Crippen LogP contribution >= 0.6 is 11.6 Å². The van der Waals surface area contributed by atoms with Gasteiger partial charge in [0.1, 0.15) is 11.5 Å². The molecule has 144 valence electrons. The number of rotatable bonds is 6. The molecule has 1 heterocycles. The van der Waals surface area contributed by atoms with Crippen molar-refractivity contribution in [1.29, 1.82) is 0 Å².